The fraction of sp³-hybridized carbons (Fsp3) is 0.296. The molecule has 0 spiro atoms. The lowest BCUT2D eigenvalue weighted by atomic mass is 9.87. The first-order valence-electron chi connectivity index (χ1n) is 12.2. The Morgan fingerprint density at radius 1 is 0.927 bits per heavy atom. The third-order valence-electron chi connectivity index (χ3n) is 6.76. The molecule has 1 unspecified atom stereocenters. The summed E-state index contributed by atoms with van der Waals surface area (Å²) in [5.41, 5.74) is -6.46. The molecular formula is C27H23F7N2O4S. The standard InChI is InChI=1S/C27H23F7N2O4S/c28-20-8-11-22(12-9-20)41(39,40)36-21(15-24(37)35-16-17-4-2-1-3-5-17)10-6-18-14-19(7-13-23(18)36)25(38,26(29,30)31)27(32,33)34/h1-5,7-9,11-14,21,38H,6,10,15-16H2,(H,35,37). The second-order valence-corrected chi connectivity index (χ2v) is 11.3. The van der Waals surface area contributed by atoms with Crippen LogP contribution in [0.2, 0.25) is 0 Å². The molecule has 14 heteroatoms. The predicted molar refractivity (Wildman–Crippen MR) is 134 cm³/mol. The summed E-state index contributed by atoms with van der Waals surface area (Å²) in [6, 6.07) is 12.9. The van der Waals surface area contributed by atoms with E-state index in [2.05, 4.69) is 5.32 Å². The van der Waals surface area contributed by atoms with Gasteiger partial charge in [-0.25, -0.2) is 12.8 Å². The molecule has 3 aromatic rings. The van der Waals surface area contributed by atoms with Gasteiger partial charge in [-0.3, -0.25) is 9.10 Å². The maximum absolute atomic E-state index is 13.7. The Kier molecular flexibility index (Phi) is 8.11. The van der Waals surface area contributed by atoms with Crippen LogP contribution in [0.15, 0.2) is 77.7 Å². The van der Waals surface area contributed by atoms with E-state index < -0.39 is 56.2 Å². The molecule has 220 valence electrons. The molecule has 0 saturated carbocycles. The fourth-order valence-corrected chi connectivity index (χ4v) is 6.38. The van der Waals surface area contributed by atoms with Gasteiger partial charge in [0.25, 0.3) is 15.6 Å². The van der Waals surface area contributed by atoms with Gasteiger partial charge in [-0.1, -0.05) is 42.5 Å². The molecule has 3 aromatic carbocycles. The van der Waals surface area contributed by atoms with Crippen LogP contribution in [-0.2, 0) is 33.4 Å². The van der Waals surface area contributed by atoms with Gasteiger partial charge in [-0.05, 0) is 54.3 Å². The SMILES string of the molecule is O=C(CC1CCc2cc(C(O)(C(F)(F)F)C(F)(F)F)ccc2N1S(=O)(=O)c1ccc(F)cc1)NCc1ccccc1. The topological polar surface area (TPSA) is 86.7 Å². The highest BCUT2D eigenvalue weighted by atomic mass is 32.2. The van der Waals surface area contributed by atoms with Gasteiger partial charge in [0, 0.05) is 18.5 Å². The zero-order chi connectivity index (χ0) is 30.2. The van der Waals surface area contributed by atoms with Crippen molar-refractivity contribution in [3.63, 3.8) is 0 Å². The molecule has 1 amide bonds. The average Bonchev–Trinajstić information content (AvgIpc) is 2.90. The molecule has 0 radical (unpaired) electrons. The number of nitrogens with one attached hydrogen (secondary N) is 1. The number of amides is 1. The number of anilines is 1. The molecule has 41 heavy (non-hydrogen) atoms. The first-order chi connectivity index (χ1) is 19.1. The first-order valence-corrected chi connectivity index (χ1v) is 13.6. The van der Waals surface area contributed by atoms with Gasteiger partial charge in [0.15, 0.2) is 0 Å². The molecule has 1 heterocycles. The maximum atomic E-state index is 13.7. The van der Waals surface area contributed by atoms with E-state index in [4.69, 9.17) is 0 Å². The Bertz CT molecular complexity index is 1500. The lowest BCUT2D eigenvalue weighted by molar-refractivity contribution is -0.376. The van der Waals surface area contributed by atoms with Gasteiger partial charge in [-0.2, -0.15) is 26.3 Å². The van der Waals surface area contributed by atoms with Crippen molar-refractivity contribution >= 4 is 21.6 Å². The number of halogens is 7. The van der Waals surface area contributed by atoms with Crippen LogP contribution in [0.25, 0.3) is 0 Å². The van der Waals surface area contributed by atoms with Crippen molar-refractivity contribution in [3.05, 3.63) is 95.3 Å². The normalized spacial score (nSPS) is 16.3. The maximum Gasteiger partial charge on any atom is 0.430 e. The molecular weight excluding hydrogens is 581 g/mol. The lowest BCUT2D eigenvalue weighted by Crippen LogP contribution is -2.54. The van der Waals surface area contributed by atoms with E-state index in [-0.39, 0.29) is 37.1 Å². The third kappa shape index (κ3) is 5.89. The molecule has 4 rings (SSSR count). The zero-order valence-corrected chi connectivity index (χ0v) is 21.8. The molecule has 1 aliphatic heterocycles. The minimum absolute atomic E-state index is 0.129. The van der Waals surface area contributed by atoms with Crippen LogP contribution in [0, 0.1) is 5.82 Å². The van der Waals surface area contributed by atoms with Crippen molar-refractivity contribution in [3.8, 4) is 0 Å². The van der Waals surface area contributed by atoms with Crippen LogP contribution >= 0.6 is 0 Å². The van der Waals surface area contributed by atoms with E-state index in [0.717, 1.165) is 40.2 Å². The monoisotopic (exact) mass is 604 g/mol. The van der Waals surface area contributed by atoms with E-state index in [1.165, 1.54) is 0 Å². The number of fused-ring (bicyclic) bond motifs is 1. The number of aliphatic hydroxyl groups is 1. The number of nitrogens with zero attached hydrogens (tertiary/aromatic N) is 1. The summed E-state index contributed by atoms with van der Waals surface area (Å²) in [5.74, 6) is -1.30. The number of hydrogen-bond donors (Lipinski definition) is 2. The van der Waals surface area contributed by atoms with Gasteiger partial charge >= 0.3 is 12.4 Å². The van der Waals surface area contributed by atoms with Gasteiger partial charge in [-0.15, -0.1) is 0 Å². The van der Waals surface area contributed by atoms with Crippen molar-refractivity contribution < 1.29 is 49.1 Å². The Labute approximate surface area is 230 Å². The number of rotatable bonds is 7. The van der Waals surface area contributed by atoms with E-state index in [1.54, 1.807) is 30.3 Å². The molecule has 1 aliphatic rings. The number of alkyl halides is 6. The average molecular weight is 605 g/mol. The summed E-state index contributed by atoms with van der Waals surface area (Å²) in [6.45, 7) is 0.129. The molecule has 2 N–H and O–H groups in total. The highest BCUT2D eigenvalue weighted by Crippen LogP contribution is 2.51. The second-order valence-electron chi connectivity index (χ2n) is 9.46. The molecule has 0 bridgehead atoms. The fourth-order valence-electron chi connectivity index (χ4n) is 4.66. The van der Waals surface area contributed by atoms with Gasteiger partial charge in [0.1, 0.15) is 5.82 Å². The summed E-state index contributed by atoms with van der Waals surface area (Å²) in [7, 11) is -4.58. The number of sulfonamides is 1. The van der Waals surface area contributed by atoms with E-state index in [0.29, 0.717) is 12.1 Å². The Morgan fingerprint density at radius 3 is 2.12 bits per heavy atom. The first kappa shape index (κ1) is 30.3. The van der Waals surface area contributed by atoms with Crippen LogP contribution in [0.1, 0.15) is 29.5 Å². The van der Waals surface area contributed by atoms with Crippen LogP contribution < -0.4 is 9.62 Å². The smallest absolute Gasteiger partial charge is 0.369 e. The third-order valence-corrected chi connectivity index (χ3v) is 8.64. The van der Waals surface area contributed by atoms with Crippen molar-refractivity contribution in [2.24, 2.45) is 0 Å². The number of aryl methyl sites for hydroxylation is 1. The quantitative estimate of drug-likeness (QED) is 0.356. The Balaban J connectivity index is 1.74. The summed E-state index contributed by atoms with van der Waals surface area (Å²) < 4.78 is 123. The van der Waals surface area contributed by atoms with Crippen molar-refractivity contribution in [1.29, 1.82) is 0 Å². The summed E-state index contributed by atoms with van der Waals surface area (Å²) in [4.78, 5) is 12.4. The molecule has 1 atom stereocenters. The van der Waals surface area contributed by atoms with Gasteiger partial charge in [0.2, 0.25) is 5.91 Å². The number of hydrogen-bond acceptors (Lipinski definition) is 4. The predicted octanol–water partition coefficient (Wildman–Crippen LogP) is 5.35. The number of carbonyl (C=O) groups is 1. The zero-order valence-electron chi connectivity index (χ0n) is 21.0. The molecule has 6 nitrogen and oxygen atoms in total. The second kappa shape index (κ2) is 11.0. The van der Waals surface area contributed by atoms with Crippen molar-refractivity contribution in [2.45, 2.75) is 54.7 Å². The largest absolute Gasteiger partial charge is 0.430 e. The van der Waals surface area contributed by atoms with E-state index in [1.807, 2.05) is 0 Å². The summed E-state index contributed by atoms with van der Waals surface area (Å²) in [5, 5.41) is 12.5. The summed E-state index contributed by atoms with van der Waals surface area (Å²) in [6.07, 6.45) is -13.0. The van der Waals surface area contributed by atoms with Crippen molar-refractivity contribution in [1.82, 2.24) is 5.32 Å². The molecule has 0 aliphatic carbocycles. The van der Waals surface area contributed by atoms with Gasteiger partial charge < -0.3 is 10.4 Å². The molecule has 0 fully saturated rings. The van der Waals surface area contributed by atoms with Crippen molar-refractivity contribution in [2.75, 3.05) is 4.31 Å². The van der Waals surface area contributed by atoms with E-state index in [9.17, 15) is 49.1 Å². The minimum atomic E-state index is -6.13. The molecule has 0 aromatic heterocycles. The Morgan fingerprint density at radius 2 is 1.54 bits per heavy atom. The number of benzene rings is 3. The van der Waals surface area contributed by atoms with Crippen LogP contribution in [0.5, 0.6) is 0 Å². The van der Waals surface area contributed by atoms with E-state index >= 15 is 0 Å². The summed E-state index contributed by atoms with van der Waals surface area (Å²) >= 11 is 0. The highest BCUT2D eigenvalue weighted by Gasteiger charge is 2.71. The minimum Gasteiger partial charge on any atom is -0.369 e. The number of carbonyl (C=O) groups excluding carboxylic acids is 1. The Hall–Kier alpha value is -3.65. The molecule has 0 saturated heterocycles. The van der Waals surface area contributed by atoms with Crippen LogP contribution in [0.3, 0.4) is 0 Å². The van der Waals surface area contributed by atoms with Gasteiger partial charge in [0.05, 0.1) is 16.6 Å². The highest BCUT2D eigenvalue weighted by molar-refractivity contribution is 7.92. The lowest BCUT2D eigenvalue weighted by Gasteiger charge is -2.39. The van der Waals surface area contributed by atoms with Crippen LogP contribution in [0.4, 0.5) is 36.4 Å². The van der Waals surface area contributed by atoms with Crippen LogP contribution in [-0.4, -0.2) is 37.8 Å².